The SMILES string of the molecule is Cc1[c-]cc(OCc2c(C)cccc2-n2nnn(C)c2=O)cc1.Cc1cccc(-n2nnn(C)c2=O)c1COc1c[c-]ccc1.Cc1cccc(-n2nnn(C)c2=O)c1COc1ccc[c-]n1.Cc1cccc(-n2nnn(C)c2=O)c1COc1ccn[c-]n1.Cc1cccc(-n2nnn(C)c2=O)c1COc1cnc[c-]n1.Cc1cccc(-n2nnn(C)c2=O)c1COc1n[c-]co1.[Y].[Y].[Y].[Y].[Y].[Y]. The van der Waals surface area contributed by atoms with Gasteiger partial charge in [0.05, 0.1) is 72.3 Å². The van der Waals surface area contributed by atoms with E-state index >= 15 is 0 Å². The zero-order chi connectivity index (χ0) is 93.3. The first kappa shape index (κ1) is 114. The maximum absolute atomic E-state index is 12.1. The molecule has 0 saturated heterocycles. The Kier molecular flexibility index (Phi) is 45.9. The molecule has 0 fully saturated rings. The fraction of sp³-hybridized carbons (Fsp3) is 0.213. The predicted octanol–water partition coefficient (Wildman–Crippen LogP) is 6.18. The van der Waals surface area contributed by atoms with Gasteiger partial charge in [-0.25, -0.2) is 28.8 Å². The molecular weight excluding hydrogens is 2230 g/mol. The van der Waals surface area contributed by atoms with Gasteiger partial charge in [0.2, 0.25) is 6.08 Å². The molecule has 6 radical (unpaired) electrons. The fourth-order valence-corrected chi connectivity index (χ4v) is 12.5. The minimum absolute atomic E-state index is 0. The number of ether oxygens (including phenoxy) is 6. The summed E-state index contributed by atoms with van der Waals surface area (Å²) in [7, 11) is 9.33. The second kappa shape index (κ2) is 55.6. The Morgan fingerprint density at radius 3 is 0.928 bits per heavy atom. The van der Waals surface area contributed by atoms with Crippen LogP contribution in [-0.4, -0.2) is 149 Å². The van der Waals surface area contributed by atoms with E-state index < -0.39 is 0 Å². The first-order chi connectivity index (χ1) is 63.9. The standard InChI is InChI=1S/C17H17N4O2.C16H15N4O2.C15H14N5O2.2C14H13N6O2.C13H12N5O3.6Y/c1-12-7-9-14(10-8-12)23-11-15-13(2)5-4-6-16(15)21-17(22)20(3)18-19-21;1-12-7-6-10-15(20-16(21)19(2)17-18-20)14(12)11-22-13-8-4-3-5-9-13;1-11-6-5-7-13(20-15(21)19(2)17-18-20)12(11)10-22-14-8-3-4-9-16-14;1-10-4-3-5-12(20-14(21)19(2)17-18-20)11(10)9-22-13-8-15-6-7-16-13;1-10-4-3-5-12(20-14(21)19(2)17-18-20)11(10)8-22-13-6-7-15-9-16-13;1-9-4-3-5-11(18-13(19)17(2)15-16-18)10(9)8-21-12-14-6-7-20-12;;;;;;/h4-7,9-10H,11H2,1-3H3;3-4,6-10H,11H2,1-2H3;3-8H,10H2,1-2H3;3-6,8H,9H2,1-2H3;3-7H,8H2,1-2H3;3-5,7H,8H2,1-2H3;;;;;;/q6*-1;;;;;;. The quantitative estimate of drug-likeness (QED) is 0.0609. The summed E-state index contributed by atoms with van der Waals surface area (Å²) in [6, 6.07) is 59.7. The third kappa shape index (κ3) is 29.8. The molecule has 0 N–H and O–H groups in total. The molecule has 0 saturated carbocycles. The molecule has 18 aromatic rings. The Hall–Kier alpha value is -11.1. The summed E-state index contributed by atoms with van der Waals surface area (Å²) in [4.78, 5) is 95.5. The third-order valence-electron chi connectivity index (χ3n) is 19.8. The molecule has 10 heterocycles. The molecule has 0 unspecified atom stereocenters. The molecular formula is C89H84N30O13Y6-6. The van der Waals surface area contributed by atoms with E-state index in [0.717, 1.165) is 88.5 Å². The van der Waals surface area contributed by atoms with Crippen molar-refractivity contribution in [1.82, 2.24) is 149 Å². The van der Waals surface area contributed by atoms with Crippen LogP contribution >= 0.6 is 0 Å². The first-order valence-electron chi connectivity index (χ1n) is 40.1. The van der Waals surface area contributed by atoms with Crippen LogP contribution in [0.2, 0.25) is 0 Å². The van der Waals surface area contributed by atoms with Crippen molar-refractivity contribution in [3.8, 4) is 69.3 Å². The molecule has 10 aromatic heterocycles. The van der Waals surface area contributed by atoms with Crippen LogP contribution in [0.3, 0.4) is 0 Å². The largest absolute Gasteiger partial charge is 0.557 e. The van der Waals surface area contributed by atoms with Crippen LogP contribution in [0.1, 0.15) is 72.3 Å². The van der Waals surface area contributed by atoms with Crippen LogP contribution < -0.4 is 62.6 Å². The van der Waals surface area contributed by atoms with Gasteiger partial charge in [0.1, 0.15) is 19.1 Å². The van der Waals surface area contributed by atoms with Crippen LogP contribution in [0.25, 0.3) is 34.1 Å². The van der Waals surface area contributed by atoms with Crippen molar-refractivity contribution in [2.75, 3.05) is 0 Å². The Morgan fingerprint density at radius 2 is 0.645 bits per heavy atom. The molecule has 0 amide bonds. The van der Waals surface area contributed by atoms with Gasteiger partial charge in [0.15, 0.2) is 0 Å². The van der Waals surface area contributed by atoms with Crippen LogP contribution in [0.4, 0.5) is 0 Å². The Labute approximate surface area is 939 Å². The number of hydrogen-bond donors (Lipinski definition) is 0. The zero-order valence-electron chi connectivity index (χ0n) is 77.0. The van der Waals surface area contributed by atoms with E-state index in [4.69, 9.17) is 32.8 Å². The molecule has 0 aliphatic heterocycles. The molecule has 692 valence electrons. The normalized spacial score (nSPS) is 10.2. The summed E-state index contributed by atoms with van der Waals surface area (Å²) in [6.45, 7) is 15.3. The average molecular weight is 2320 g/mol. The van der Waals surface area contributed by atoms with Gasteiger partial charge in [0.25, 0.3) is 0 Å². The molecule has 0 aliphatic rings. The second-order valence-electron chi connectivity index (χ2n) is 28.7. The number of tetrazole rings is 6. The van der Waals surface area contributed by atoms with Gasteiger partial charge in [-0.15, -0.1) is 42.7 Å². The van der Waals surface area contributed by atoms with Crippen LogP contribution in [-0.2, 0) is 278 Å². The maximum atomic E-state index is 12.1. The van der Waals surface area contributed by atoms with E-state index in [1.807, 2.05) is 176 Å². The molecule has 8 aromatic carbocycles. The van der Waals surface area contributed by atoms with Crippen molar-refractivity contribution in [3.05, 3.63) is 373 Å². The van der Waals surface area contributed by atoms with Crippen LogP contribution in [0, 0.1) is 85.5 Å². The number of oxazole rings is 1. The van der Waals surface area contributed by atoms with Crippen molar-refractivity contribution >= 4 is 0 Å². The summed E-state index contributed by atoms with van der Waals surface area (Å²) in [6.07, 6.45) is 16.2. The van der Waals surface area contributed by atoms with E-state index in [-0.39, 0.29) is 263 Å². The van der Waals surface area contributed by atoms with Gasteiger partial charge in [-0.2, -0.15) is 104 Å². The van der Waals surface area contributed by atoms with Crippen molar-refractivity contribution in [3.63, 3.8) is 0 Å². The van der Waals surface area contributed by atoms with E-state index in [1.54, 1.807) is 97.0 Å². The third-order valence-corrected chi connectivity index (χ3v) is 19.8. The fourth-order valence-electron chi connectivity index (χ4n) is 12.5. The Balaban J connectivity index is 0.000000223. The van der Waals surface area contributed by atoms with E-state index in [0.29, 0.717) is 65.0 Å². The summed E-state index contributed by atoms with van der Waals surface area (Å²) in [5.74, 6) is 2.71. The van der Waals surface area contributed by atoms with Crippen LogP contribution in [0.15, 0.2) is 234 Å². The summed E-state index contributed by atoms with van der Waals surface area (Å²) in [5.41, 5.74) is 14.2. The topological polar surface area (TPSA) is 462 Å². The van der Waals surface area contributed by atoms with E-state index in [2.05, 4.69) is 130 Å². The van der Waals surface area contributed by atoms with Gasteiger partial charge in [0, 0.05) is 296 Å². The number of hydrogen-bond acceptors (Lipinski definition) is 31. The number of nitrogens with zero attached hydrogens (tertiary/aromatic N) is 30. The number of benzene rings is 8. The molecule has 138 heavy (non-hydrogen) atoms. The van der Waals surface area contributed by atoms with E-state index in [1.165, 1.54) is 70.2 Å². The van der Waals surface area contributed by atoms with E-state index in [9.17, 15) is 28.8 Å². The summed E-state index contributed by atoms with van der Waals surface area (Å²) in [5, 5.41) is 45.7. The van der Waals surface area contributed by atoms with Crippen molar-refractivity contribution in [2.24, 2.45) is 42.3 Å². The van der Waals surface area contributed by atoms with Gasteiger partial charge in [-0.3, -0.25) is 4.98 Å². The molecule has 18 rings (SSSR count). The summed E-state index contributed by atoms with van der Waals surface area (Å²) >= 11 is 0. The molecule has 49 heteroatoms. The van der Waals surface area contributed by atoms with Gasteiger partial charge < -0.3 is 57.8 Å². The smallest absolute Gasteiger partial charge is 0.368 e. The predicted molar refractivity (Wildman–Crippen MR) is 469 cm³/mol. The van der Waals surface area contributed by atoms with Gasteiger partial charge in [-0.05, 0) is 186 Å². The number of aryl methyl sites for hydroxylation is 13. The zero-order valence-corrected chi connectivity index (χ0v) is 94.0. The van der Waals surface area contributed by atoms with Crippen LogP contribution in [0.5, 0.6) is 35.2 Å². The van der Waals surface area contributed by atoms with Gasteiger partial charge in [-0.1, -0.05) is 98.2 Å². The average Bonchev–Trinajstić information content (AvgIpc) is 1.64. The molecule has 0 spiro atoms. The van der Waals surface area contributed by atoms with Gasteiger partial charge >= 0.3 is 34.1 Å². The first-order valence-corrected chi connectivity index (χ1v) is 40.1. The second-order valence-corrected chi connectivity index (χ2v) is 28.7. The molecule has 0 bridgehead atoms. The maximum Gasteiger partial charge on any atom is 0.368 e. The van der Waals surface area contributed by atoms with Crippen molar-refractivity contribution in [2.45, 2.75) is 88.1 Å². The number of pyridine rings is 1. The number of aromatic nitrogens is 30. The molecule has 0 atom stereocenters. The minimum atomic E-state index is -0.327. The Morgan fingerprint density at radius 1 is 0.312 bits per heavy atom. The monoisotopic (exact) mass is 2310 g/mol. The number of rotatable bonds is 24. The van der Waals surface area contributed by atoms with Crippen molar-refractivity contribution in [1.29, 1.82) is 0 Å². The Bertz CT molecular complexity index is 6720. The molecule has 0 aliphatic carbocycles. The van der Waals surface area contributed by atoms with Crippen molar-refractivity contribution < 1.29 is 229 Å². The summed E-state index contributed by atoms with van der Waals surface area (Å²) < 4.78 is 53.6. The molecule has 43 nitrogen and oxygen atoms in total. The minimum Gasteiger partial charge on any atom is -0.557 e.